The molecule has 1 N–H and O–H groups in total. The molecule has 1 spiro atoms. The SMILES string of the molecule is CCC(C)CNC(=O)CN1CN(c2ccccc2)C2(CCN(C(=O)c3ccc(C)cc3)CC2)C1=O. The van der Waals surface area contributed by atoms with E-state index in [9.17, 15) is 14.4 Å². The Kier molecular flexibility index (Phi) is 7.43. The third-order valence-electron chi connectivity index (χ3n) is 7.44. The highest BCUT2D eigenvalue weighted by Crippen LogP contribution is 2.39. The molecule has 1 unspecified atom stereocenters. The molecule has 0 aromatic heterocycles. The van der Waals surface area contributed by atoms with Crippen LogP contribution in [0.25, 0.3) is 0 Å². The van der Waals surface area contributed by atoms with Gasteiger partial charge in [0.25, 0.3) is 11.8 Å². The first-order valence-electron chi connectivity index (χ1n) is 12.6. The molecular formula is C28H36N4O3. The number of aryl methyl sites for hydroxylation is 1. The van der Waals surface area contributed by atoms with E-state index < -0.39 is 5.54 Å². The molecule has 2 aromatic carbocycles. The highest BCUT2D eigenvalue weighted by atomic mass is 16.2. The minimum atomic E-state index is -0.748. The molecule has 2 aliphatic heterocycles. The Morgan fingerprint density at radius 1 is 1.03 bits per heavy atom. The van der Waals surface area contributed by atoms with Crippen LogP contribution in [0.4, 0.5) is 5.69 Å². The van der Waals surface area contributed by atoms with Crippen LogP contribution in [0.1, 0.15) is 49.0 Å². The molecule has 2 heterocycles. The van der Waals surface area contributed by atoms with E-state index in [1.54, 1.807) is 4.90 Å². The van der Waals surface area contributed by atoms with Gasteiger partial charge < -0.3 is 20.0 Å². The lowest BCUT2D eigenvalue weighted by Crippen LogP contribution is -2.57. The maximum atomic E-state index is 13.8. The van der Waals surface area contributed by atoms with Crippen molar-refractivity contribution >= 4 is 23.4 Å². The summed E-state index contributed by atoms with van der Waals surface area (Å²) in [5.41, 5.74) is 2.00. The number of benzene rings is 2. The van der Waals surface area contributed by atoms with Gasteiger partial charge in [-0.1, -0.05) is 56.2 Å². The summed E-state index contributed by atoms with van der Waals surface area (Å²) in [6.07, 6.45) is 2.05. The van der Waals surface area contributed by atoms with E-state index in [0.29, 0.717) is 50.6 Å². The van der Waals surface area contributed by atoms with Gasteiger partial charge in [-0.25, -0.2) is 0 Å². The van der Waals surface area contributed by atoms with E-state index >= 15 is 0 Å². The number of anilines is 1. The summed E-state index contributed by atoms with van der Waals surface area (Å²) in [7, 11) is 0. The van der Waals surface area contributed by atoms with Crippen molar-refractivity contribution in [1.29, 1.82) is 0 Å². The van der Waals surface area contributed by atoms with Crippen LogP contribution in [0.2, 0.25) is 0 Å². The molecule has 1 atom stereocenters. The van der Waals surface area contributed by atoms with Gasteiger partial charge in [-0.3, -0.25) is 14.4 Å². The second kappa shape index (κ2) is 10.5. The molecule has 2 aliphatic rings. The van der Waals surface area contributed by atoms with Crippen LogP contribution < -0.4 is 10.2 Å². The predicted octanol–water partition coefficient (Wildman–Crippen LogP) is 3.44. The zero-order valence-electron chi connectivity index (χ0n) is 21.0. The van der Waals surface area contributed by atoms with E-state index in [4.69, 9.17) is 0 Å². The first-order valence-corrected chi connectivity index (χ1v) is 12.6. The van der Waals surface area contributed by atoms with Crippen molar-refractivity contribution in [3.8, 4) is 0 Å². The summed E-state index contributed by atoms with van der Waals surface area (Å²) in [6, 6.07) is 17.5. The standard InChI is InChI=1S/C28H36N4O3/c1-4-21(2)18-29-25(33)19-31-20-32(24-8-6-5-7-9-24)28(27(31)35)14-16-30(17-15-28)26(34)23-12-10-22(3)11-13-23/h5-13,21H,4,14-20H2,1-3H3,(H,29,33). The highest BCUT2D eigenvalue weighted by molar-refractivity contribution is 5.97. The van der Waals surface area contributed by atoms with E-state index in [-0.39, 0.29) is 24.3 Å². The second-order valence-electron chi connectivity index (χ2n) is 9.92. The number of piperidine rings is 1. The number of carbonyl (C=O) groups excluding carboxylic acids is 3. The Morgan fingerprint density at radius 2 is 1.69 bits per heavy atom. The number of likely N-dealkylation sites (tertiary alicyclic amines) is 1. The van der Waals surface area contributed by atoms with Crippen molar-refractivity contribution in [1.82, 2.24) is 15.1 Å². The molecule has 0 bridgehead atoms. The molecule has 0 aliphatic carbocycles. The summed E-state index contributed by atoms with van der Waals surface area (Å²) in [5, 5.41) is 2.97. The zero-order valence-corrected chi connectivity index (χ0v) is 21.0. The predicted molar refractivity (Wildman–Crippen MR) is 137 cm³/mol. The lowest BCUT2D eigenvalue weighted by Gasteiger charge is -2.43. The third-order valence-corrected chi connectivity index (χ3v) is 7.44. The third kappa shape index (κ3) is 5.19. The monoisotopic (exact) mass is 476 g/mol. The van der Waals surface area contributed by atoms with Gasteiger partial charge in [0.1, 0.15) is 12.1 Å². The first kappa shape index (κ1) is 24.8. The summed E-state index contributed by atoms with van der Waals surface area (Å²) < 4.78 is 0. The van der Waals surface area contributed by atoms with Crippen LogP contribution in [0, 0.1) is 12.8 Å². The van der Waals surface area contributed by atoms with E-state index in [1.165, 1.54) is 0 Å². The molecule has 35 heavy (non-hydrogen) atoms. The number of para-hydroxylation sites is 1. The number of nitrogens with one attached hydrogen (secondary N) is 1. The quantitative estimate of drug-likeness (QED) is 0.665. The summed E-state index contributed by atoms with van der Waals surface area (Å²) in [5.74, 6) is 0.242. The van der Waals surface area contributed by atoms with Gasteiger partial charge >= 0.3 is 0 Å². The van der Waals surface area contributed by atoms with Gasteiger partial charge in [0, 0.05) is 30.9 Å². The molecule has 7 heteroatoms. The molecule has 7 nitrogen and oxygen atoms in total. The summed E-state index contributed by atoms with van der Waals surface area (Å²) >= 11 is 0. The van der Waals surface area contributed by atoms with Crippen molar-refractivity contribution in [2.75, 3.05) is 37.7 Å². The van der Waals surface area contributed by atoms with E-state index in [2.05, 4.69) is 24.1 Å². The summed E-state index contributed by atoms with van der Waals surface area (Å²) in [6.45, 7) is 8.21. The average molecular weight is 477 g/mol. The Hall–Kier alpha value is -3.35. The molecular weight excluding hydrogens is 440 g/mol. The van der Waals surface area contributed by atoms with Crippen LogP contribution in [0.15, 0.2) is 54.6 Å². The van der Waals surface area contributed by atoms with Crippen LogP contribution >= 0.6 is 0 Å². The Balaban J connectivity index is 1.50. The topological polar surface area (TPSA) is 73.0 Å². The first-order chi connectivity index (χ1) is 16.8. The van der Waals surface area contributed by atoms with E-state index in [1.807, 2.05) is 66.4 Å². The minimum absolute atomic E-state index is 0.00200. The Labute approximate surface area is 208 Å². The Bertz CT molecular complexity index is 1050. The largest absolute Gasteiger partial charge is 0.354 e. The van der Waals surface area contributed by atoms with Crippen molar-refractivity contribution < 1.29 is 14.4 Å². The maximum absolute atomic E-state index is 13.8. The normalized spacial score (nSPS) is 18.1. The molecule has 0 radical (unpaired) electrons. The van der Waals surface area contributed by atoms with Gasteiger partial charge in [-0.2, -0.15) is 0 Å². The fraction of sp³-hybridized carbons (Fsp3) is 0.464. The van der Waals surface area contributed by atoms with Crippen molar-refractivity contribution in [3.05, 3.63) is 65.7 Å². The zero-order chi connectivity index (χ0) is 25.0. The molecule has 2 saturated heterocycles. The number of hydrogen-bond donors (Lipinski definition) is 1. The number of rotatable bonds is 7. The molecule has 2 fully saturated rings. The van der Waals surface area contributed by atoms with Gasteiger partial charge in [0.15, 0.2) is 0 Å². The van der Waals surface area contributed by atoms with Crippen LogP contribution in [-0.4, -0.2) is 65.9 Å². The molecule has 2 aromatic rings. The second-order valence-corrected chi connectivity index (χ2v) is 9.92. The van der Waals surface area contributed by atoms with Crippen LogP contribution in [0.3, 0.4) is 0 Å². The Morgan fingerprint density at radius 3 is 2.31 bits per heavy atom. The van der Waals surface area contributed by atoms with Gasteiger partial charge in [-0.15, -0.1) is 0 Å². The van der Waals surface area contributed by atoms with Crippen molar-refractivity contribution in [3.63, 3.8) is 0 Å². The average Bonchev–Trinajstić information content (AvgIpc) is 3.14. The maximum Gasteiger partial charge on any atom is 0.253 e. The van der Waals surface area contributed by atoms with E-state index in [0.717, 1.165) is 17.7 Å². The molecule has 3 amide bonds. The fourth-order valence-corrected chi connectivity index (χ4v) is 4.94. The lowest BCUT2D eigenvalue weighted by molar-refractivity contribution is -0.137. The van der Waals surface area contributed by atoms with Crippen LogP contribution in [0.5, 0.6) is 0 Å². The highest BCUT2D eigenvalue weighted by Gasteiger charge is 2.54. The molecule has 4 rings (SSSR count). The van der Waals surface area contributed by atoms with Gasteiger partial charge in [0.05, 0.1) is 6.67 Å². The van der Waals surface area contributed by atoms with Gasteiger partial charge in [0.2, 0.25) is 5.91 Å². The lowest BCUT2D eigenvalue weighted by atomic mass is 9.85. The summed E-state index contributed by atoms with van der Waals surface area (Å²) in [4.78, 5) is 45.1. The molecule has 0 saturated carbocycles. The number of carbonyl (C=O) groups is 3. The molecule has 186 valence electrons. The number of nitrogens with zero attached hydrogens (tertiary/aromatic N) is 3. The minimum Gasteiger partial charge on any atom is -0.354 e. The van der Waals surface area contributed by atoms with Crippen LogP contribution in [-0.2, 0) is 9.59 Å². The fourth-order valence-electron chi connectivity index (χ4n) is 4.94. The smallest absolute Gasteiger partial charge is 0.253 e. The van der Waals surface area contributed by atoms with Crippen molar-refractivity contribution in [2.45, 2.75) is 45.6 Å². The van der Waals surface area contributed by atoms with Crippen molar-refractivity contribution in [2.24, 2.45) is 5.92 Å². The number of amides is 3. The number of hydrogen-bond acceptors (Lipinski definition) is 4. The van der Waals surface area contributed by atoms with Gasteiger partial charge in [-0.05, 0) is 49.9 Å².